The van der Waals surface area contributed by atoms with Crippen molar-refractivity contribution in [2.45, 2.75) is 55.9 Å². The van der Waals surface area contributed by atoms with Crippen LogP contribution >= 0.6 is 27.3 Å². The number of ketones is 1. The third kappa shape index (κ3) is 9.91. The highest BCUT2D eigenvalue weighted by Crippen LogP contribution is 2.32. The first-order valence-corrected chi connectivity index (χ1v) is 13.5. The molecule has 0 amide bonds. The lowest BCUT2D eigenvalue weighted by molar-refractivity contribution is 0.102. The first-order chi connectivity index (χ1) is 16.6. The monoisotopic (exact) mass is 580 g/mol. The SMILES string of the molecule is C.CCO.CCOc1cc(C)c(-c2csc(N)n2)c(C)c1.CCOc1cc(C)c(C(=O)CBr)c(C)c1. The molecule has 1 aromatic heterocycles. The van der Waals surface area contributed by atoms with Gasteiger partial charge in [-0.05, 0) is 95.0 Å². The number of ether oxygens (including phenoxy) is 2. The fourth-order valence-corrected chi connectivity index (χ4v) is 4.50. The third-order valence-electron chi connectivity index (χ3n) is 4.81. The average molecular weight is 582 g/mol. The maximum atomic E-state index is 11.6. The first-order valence-electron chi connectivity index (χ1n) is 11.5. The van der Waals surface area contributed by atoms with Gasteiger partial charge in [-0.2, -0.15) is 0 Å². The Hall–Kier alpha value is -2.42. The molecule has 0 unspecified atom stereocenters. The van der Waals surface area contributed by atoms with Gasteiger partial charge in [-0.3, -0.25) is 4.79 Å². The number of nitrogen functional groups attached to an aromatic ring is 1. The zero-order valence-corrected chi connectivity index (χ0v) is 24.1. The fraction of sp³-hybridized carbons (Fsp3) is 0.429. The molecule has 0 aliphatic rings. The Labute approximate surface area is 229 Å². The summed E-state index contributed by atoms with van der Waals surface area (Å²) in [5.41, 5.74) is 12.9. The Morgan fingerprint density at radius 3 is 1.69 bits per heavy atom. The lowest BCUT2D eigenvalue weighted by Crippen LogP contribution is -2.06. The number of aryl methyl sites for hydroxylation is 4. The van der Waals surface area contributed by atoms with Gasteiger partial charge in [0.05, 0.1) is 24.2 Å². The summed E-state index contributed by atoms with van der Waals surface area (Å²) < 4.78 is 10.9. The Balaban J connectivity index is 0.000000603. The average Bonchev–Trinajstić information content (AvgIpc) is 3.20. The van der Waals surface area contributed by atoms with E-state index in [4.69, 9.17) is 20.3 Å². The van der Waals surface area contributed by atoms with Gasteiger partial charge in [-0.25, -0.2) is 4.98 Å². The summed E-state index contributed by atoms with van der Waals surface area (Å²) in [6.45, 7) is 15.2. The van der Waals surface area contributed by atoms with E-state index in [1.54, 1.807) is 6.92 Å². The number of carbonyl (C=O) groups is 1. The number of aromatic nitrogens is 1. The highest BCUT2D eigenvalue weighted by atomic mass is 79.9. The van der Waals surface area contributed by atoms with Crippen molar-refractivity contribution in [2.75, 3.05) is 30.9 Å². The number of Topliss-reactive ketones (excluding diaryl/α,β-unsaturated/α-hetero) is 1. The van der Waals surface area contributed by atoms with Crippen LogP contribution in [-0.4, -0.2) is 41.0 Å². The van der Waals surface area contributed by atoms with E-state index in [1.807, 2.05) is 57.3 Å². The molecule has 0 spiro atoms. The molecule has 0 bridgehead atoms. The van der Waals surface area contributed by atoms with Crippen molar-refractivity contribution in [1.82, 2.24) is 4.98 Å². The Morgan fingerprint density at radius 1 is 0.944 bits per heavy atom. The van der Waals surface area contributed by atoms with Gasteiger partial charge in [0.25, 0.3) is 0 Å². The van der Waals surface area contributed by atoms with Crippen molar-refractivity contribution in [3.8, 4) is 22.8 Å². The first kappa shape index (κ1) is 33.6. The lowest BCUT2D eigenvalue weighted by atomic mass is 9.99. The number of thiazole rings is 1. The number of anilines is 1. The molecule has 1 heterocycles. The van der Waals surface area contributed by atoms with Crippen LogP contribution in [0.4, 0.5) is 5.13 Å². The number of rotatable bonds is 7. The molecule has 200 valence electrons. The number of benzene rings is 2. The summed E-state index contributed by atoms with van der Waals surface area (Å²) in [5, 5.41) is 10.5. The molecule has 0 fully saturated rings. The Kier molecular flexibility index (Phi) is 16.0. The maximum Gasteiger partial charge on any atom is 0.180 e. The van der Waals surface area contributed by atoms with E-state index in [2.05, 4.69) is 34.8 Å². The topological polar surface area (TPSA) is 94.7 Å². The van der Waals surface area contributed by atoms with Crippen molar-refractivity contribution >= 4 is 38.2 Å². The molecule has 3 aromatic rings. The van der Waals surface area contributed by atoms with Crippen LogP contribution in [0.1, 0.15) is 60.8 Å². The molecule has 0 radical (unpaired) electrons. The van der Waals surface area contributed by atoms with Gasteiger partial charge in [0.1, 0.15) is 11.5 Å². The van der Waals surface area contributed by atoms with Crippen LogP contribution in [0.2, 0.25) is 0 Å². The van der Waals surface area contributed by atoms with Gasteiger partial charge < -0.3 is 20.3 Å². The molecule has 3 N–H and O–H groups in total. The minimum absolute atomic E-state index is 0. The van der Waals surface area contributed by atoms with E-state index in [0.717, 1.165) is 39.4 Å². The van der Waals surface area contributed by atoms with Crippen molar-refractivity contribution in [2.24, 2.45) is 0 Å². The maximum absolute atomic E-state index is 11.6. The smallest absolute Gasteiger partial charge is 0.180 e. The molecule has 0 atom stereocenters. The number of aliphatic hydroxyl groups excluding tert-OH is 1. The molecule has 2 aromatic carbocycles. The number of nitrogens with zero attached hydrogens (tertiary/aromatic N) is 1. The summed E-state index contributed by atoms with van der Waals surface area (Å²) >= 11 is 4.65. The number of halogens is 1. The van der Waals surface area contributed by atoms with Crippen LogP contribution in [0, 0.1) is 27.7 Å². The molecule has 3 rings (SSSR count). The number of hydrogen-bond donors (Lipinski definition) is 2. The molecule has 8 heteroatoms. The van der Waals surface area contributed by atoms with E-state index in [1.165, 1.54) is 22.5 Å². The number of hydrogen-bond acceptors (Lipinski definition) is 7. The van der Waals surface area contributed by atoms with Gasteiger partial charge in [0.2, 0.25) is 0 Å². The number of aliphatic hydroxyl groups is 1. The molecule has 0 saturated heterocycles. The highest BCUT2D eigenvalue weighted by molar-refractivity contribution is 9.09. The molecule has 6 nitrogen and oxygen atoms in total. The zero-order chi connectivity index (χ0) is 26.5. The molecule has 0 aliphatic heterocycles. The second-order valence-corrected chi connectivity index (χ2v) is 9.12. The van der Waals surface area contributed by atoms with Crippen molar-refractivity contribution < 1.29 is 19.4 Å². The Bertz CT molecular complexity index is 1050. The highest BCUT2D eigenvalue weighted by Gasteiger charge is 2.13. The number of nitrogens with two attached hydrogens (primary N) is 1. The third-order valence-corrected chi connectivity index (χ3v) is 6.00. The van der Waals surface area contributed by atoms with Crippen LogP contribution < -0.4 is 15.2 Å². The predicted octanol–water partition coefficient (Wildman–Crippen LogP) is 7.32. The normalized spacial score (nSPS) is 9.69. The minimum atomic E-state index is 0. The zero-order valence-electron chi connectivity index (χ0n) is 21.7. The second kappa shape index (κ2) is 17.1. The van der Waals surface area contributed by atoms with Gasteiger partial charge in [-0.1, -0.05) is 23.4 Å². The van der Waals surface area contributed by atoms with Crippen molar-refractivity contribution in [3.05, 3.63) is 57.5 Å². The molecular weight excluding hydrogens is 540 g/mol. The predicted molar refractivity (Wildman–Crippen MR) is 157 cm³/mol. The number of carbonyl (C=O) groups excluding carboxylic acids is 1. The van der Waals surface area contributed by atoms with Crippen LogP contribution in [0.25, 0.3) is 11.3 Å². The van der Waals surface area contributed by atoms with E-state index in [0.29, 0.717) is 23.7 Å². The van der Waals surface area contributed by atoms with Gasteiger partial charge in [-0.15, -0.1) is 11.3 Å². The summed E-state index contributed by atoms with van der Waals surface area (Å²) in [6.07, 6.45) is 0. The second-order valence-electron chi connectivity index (χ2n) is 7.67. The summed E-state index contributed by atoms with van der Waals surface area (Å²) in [6, 6.07) is 7.90. The fourth-order valence-electron chi connectivity index (χ4n) is 3.66. The van der Waals surface area contributed by atoms with E-state index in [9.17, 15) is 4.79 Å². The Morgan fingerprint density at radius 2 is 1.36 bits per heavy atom. The molecular formula is C28H41BrN2O4S. The quantitative estimate of drug-likeness (QED) is 0.224. The lowest BCUT2D eigenvalue weighted by Gasteiger charge is -2.11. The van der Waals surface area contributed by atoms with Crippen LogP contribution in [0.15, 0.2) is 29.6 Å². The summed E-state index contributed by atoms with van der Waals surface area (Å²) in [5.74, 6) is 1.86. The standard InChI is InChI=1S/C13H16N2OS.C12H15BrO2.C2H6O.CH4/c1-4-16-10-5-8(2)12(9(3)6-10)11-7-17-13(14)15-11;1-4-15-10-5-8(2)12(9(3)6-10)11(14)7-13;1-2-3;/h5-7H,4H2,1-3H3,(H2,14,15);5-6H,4,7H2,1-3H3;3H,2H2,1H3;1H4. The van der Waals surface area contributed by atoms with Gasteiger partial charge in [0, 0.05) is 23.1 Å². The van der Waals surface area contributed by atoms with Crippen LogP contribution in [0.5, 0.6) is 11.5 Å². The molecule has 0 saturated carbocycles. The van der Waals surface area contributed by atoms with E-state index >= 15 is 0 Å². The molecule has 36 heavy (non-hydrogen) atoms. The van der Waals surface area contributed by atoms with Crippen molar-refractivity contribution in [3.63, 3.8) is 0 Å². The van der Waals surface area contributed by atoms with Crippen LogP contribution in [-0.2, 0) is 0 Å². The van der Waals surface area contributed by atoms with Gasteiger partial charge in [0.15, 0.2) is 10.9 Å². The van der Waals surface area contributed by atoms with Crippen LogP contribution in [0.3, 0.4) is 0 Å². The number of alkyl halides is 1. The largest absolute Gasteiger partial charge is 0.494 e. The summed E-state index contributed by atoms with van der Waals surface area (Å²) in [7, 11) is 0. The van der Waals surface area contributed by atoms with Crippen molar-refractivity contribution in [1.29, 1.82) is 0 Å². The van der Waals surface area contributed by atoms with E-state index in [-0.39, 0.29) is 19.8 Å². The van der Waals surface area contributed by atoms with E-state index < -0.39 is 0 Å². The summed E-state index contributed by atoms with van der Waals surface area (Å²) in [4.78, 5) is 16.0. The molecule has 0 aliphatic carbocycles. The minimum Gasteiger partial charge on any atom is -0.494 e. The van der Waals surface area contributed by atoms with Gasteiger partial charge >= 0.3 is 0 Å².